The number of aromatic nitrogens is 6. The SMILES string of the molecule is CCNc1nc(N2CCCCCC2)nc(-n2cnc(SCCOc3ccc(C)cc3)n2)n1. The Labute approximate surface area is 193 Å². The molecule has 4 rings (SSSR count). The van der Waals surface area contributed by atoms with Gasteiger partial charge >= 0.3 is 0 Å². The topological polar surface area (TPSA) is 93.9 Å². The molecule has 3 aromatic rings. The number of nitrogens with zero attached hydrogens (tertiary/aromatic N) is 7. The number of anilines is 2. The van der Waals surface area contributed by atoms with Crippen LogP contribution in [-0.4, -0.2) is 61.7 Å². The summed E-state index contributed by atoms with van der Waals surface area (Å²) in [5.41, 5.74) is 1.22. The number of benzene rings is 1. The summed E-state index contributed by atoms with van der Waals surface area (Å²) in [7, 11) is 0. The maximum Gasteiger partial charge on any atom is 0.258 e. The lowest BCUT2D eigenvalue weighted by molar-refractivity contribution is 0.344. The number of ether oxygens (including phenoxy) is 1. The molecule has 1 saturated heterocycles. The van der Waals surface area contributed by atoms with Crippen LogP contribution in [0.1, 0.15) is 38.2 Å². The van der Waals surface area contributed by atoms with Crippen LogP contribution in [0.15, 0.2) is 35.7 Å². The van der Waals surface area contributed by atoms with E-state index in [2.05, 4.69) is 37.2 Å². The molecule has 0 saturated carbocycles. The van der Waals surface area contributed by atoms with E-state index in [9.17, 15) is 0 Å². The molecular formula is C22H30N8OS. The monoisotopic (exact) mass is 454 g/mol. The van der Waals surface area contributed by atoms with Crippen molar-refractivity contribution < 1.29 is 4.74 Å². The zero-order chi connectivity index (χ0) is 22.2. The normalized spacial score (nSPS) is 14.2. The van der Waals surface area contributed by atoms with E-state index in [4.69, 9.17) is 9.72 Å². The molecule has 0 aliphatic carbocycles. The fourth-order valence-electron chi connectivity index (χ4n) is 3.44. The number of thioether (sulfide) groups is 1. The minimum Gasteiger partial charge on any atom is -0.493 e. The number of hydrogen-bond acceptors (Lipinski definition) is 9. The maximum atomic E-state index is 5.78. The largest absolute Gasteiger partial charge is 0.493 e. The lowest BCUT2D eigenvalue weighted by atomic mass is 10.2. The molecule has 170 valence electrons. The minimum atomic E-state index is 0.477. The molecular weight excluding hydrogens is 424 g/mol. The van der Waals surface area contributed by atoms with Gasteiger partial charge in [-0.25, -0.2) is 4.98 Å². The van der Waals surface area contributed by atoms with Crippen LogP contribution in [-0.2, 0) is 0 Å². The third kappa shape index (κ3) is 6.09. The first kappa shape index (κ1) is 22.3. The van der Waals surface area contributed by atoms with E-state index >= 15 is 0 Å². The van der Waals surface area contributed by atoms with E-state index in [0.717, 1.165) is 44.0 Å². The first-order valence-electron chi connectivity index (χ1n) is 11.2. The molecule has 3 heterocycles. The molecule has 0 atom stereocenters. The highest BCUT2D eigenvalue weighted by Crippen LogP contribution is 2.19. The van der Waals surface area contributed by atoms with Crippen molar-refractivity contribution in [3.63, 3.8) is 0 Å². The van der Waals surface area contributed by atoms with Crippen molar-refractivity contribution in [3.05, 3.63) is 36.2 Å². The van der Waals surface area contributed by atoms with Gasteiger partial charge in [0.1, 0.15) is 12.1 Å². The summed E-state index contributed by atoms with van der Waals surface area (Å²) in [5.74, 6) is 3.36. The van der Waals surface area contributed by atoms with Crippen molar-refractivity contribution >= 4 is 23.7 Å². The quantitative estimate of drug-likeness (QED) is 0.383. The summed E-state index contributed by atoms with van der Waals surface area (Å²) in [5, 5.41) is 8.43. The Balaban J connectivity index is 1.41. The molecule has 32 heavy (non-hydrogen) atoms. The molecule has 2 aromatic heterocycles. The lowest BCUT2D eigenvalue weighted by Gasteiger charge is -2.20. The van der Waals surface area contributed by atoms with Gasteiger partial charge in [0.15, 0.2) is 0 Å². The summed E-state index contributed by atoms with van der Waals surface area (Å²) < 4.78 is 7.40. The highest BCUT2D eigenvalue weighted by molar-refractivity contribution is 7.99. The Morgan fingerprint density at radius 3 is 2.50 bits per heavy atom. The van der Waals surface area contributed by atoms with E-state index in [-0.39, 0.29) is 0 Å². The van der Waals surface area contributed by atoms with Crippen LogP contribution in [0.25, 0.3) is 5.95 Å². The second-order valence-corrected chi connectivity index (χ2v) is 8.73. The van der Waals surface area contributed by atoms with Gasteiger partial charge in [0.25, 0.3) is 5.95 Å². The molecule has 1 fully saturated rings. The highest BCUT2D eigenvalue weighted by atomic mass is 32.2. The van der Waals surface area contributed by atoms with Crippen molar-refractivity contribution in [2.45, 2.75) is 44.7 Å². The maximum absolute atomic E-state index is 5.78. The third-order valence-electron chi connectivity index (χ3n) is 5.12. The zero-order valence-electron chi connectivity index (χ0n) is 18.7. The molecule has 0 unspecified atom stereocenters. The Hall–Kier alpha value is -2.88. The average Bonchev–Trinajstić information content (AvgIpc) is 3.11. The minimum absolute atomic E-state index is 0.477. The number of hydrogen-bond donors (Lipinski definition) is 1. The van der Waals surface area contributed by atoms with E-state index in [0.29, 0.717) is 29.6 Å². The smallest absolute Gasteiger partial charge is 0.258 e. The number of aryl methyl sites for hydroxylation is 1. The summed E-state index contributed by atoms with van der Waals surface area (Å²) in [6.45, 7) is 7.34. The molecule has 1 aromatic carbocycles. The molecule has 0 amide bonds. The highest BCUT2D eigenvalue weighted by Gasteiger charge is 2.17. The van der Waals surface area contributed by atoms with Crippen molar-refractivity contribution in [2.75, 3.05) is 42.2 Å². The van der Waals surface area contributed by atoms with E-state index < -0.39 is 0 Å². The predicted molar refractivity (Wildman–Crippen MR) is 127 cm³/mol. The van der Waals surface area contributed by atoms with Crippen molar-refractivity contribution in [1.29, 1.82) is 0 Å². The van der Waals surface area contributed by atoms with Crippen LogP contribution in [0.2, 0.25) is 0 Å². The number of nitrogens with one attached hydrogen (secondary N) is 1. The van der Waals surface area contributed by atoms with Gasteiger partial charge in [0.2, 0.25) is 17.1 Å². The van der Waals surface area contributed by atoms with Crippen LogP contribution in [0.4, 0.5) is 11.9 Å². The molecule has 10 heteroatoms. The van der Waals surface area contributed by atoms with Gasteiger partial charge in [0, 0.05) is 25.4 Å². The third-order valence-corrected chi connectivity index (χ3v) is 5.93. The average molecular weight is 455 g/mol. The van der Waals surface area contributed by atoms with Crippen molar-refractivity contribution in [3.8, 4) is 11.7 Å². The van der Waals surface area contributed by atoms with E-state index in [1.165, 1.54) is 18.4 Å². The van der Waals surface area contributed by atoms with Crippen LogP contribution in [0.3, 0.4) is 0 Å². The first-order chi connectivity index (χ1) is 15.7. The molecule has 1 aliphatic rings. The van der Waals surface area contributed by atoms with E-state index in [1.54, 1.807) is 22.8 Å². The van der Waals surface area contributed by atoms with Crippen molar-refractivity contribution in [2.24, 2.45) is 0 Å². The molecule has 0 radical (unpaired) electrons. The van der Waals surface area contributed by atoms with E-state index in [1.807, 2.05) is 31.2 Å². The van der Waals surface area contributed by atoms with Crippen LogP contribution in [0.5, 0.6) is 5.75 Å². The molecule has 9 nitrogen and oxygen atoms in total. The first-order valence-corrected chi connectivity index (χ1v) is 12.2. The molecule has 0 spiro atoms. The van der Waals surface area contributed by atoms with Crippen molar-refractivity contribution in [1.82, 2.24) is 29.7 Å². The second kappa shape index (κ2) is 11.1. The Morgan fingerprint density at radius 1 is 1.00 bits per heavy atom. The van der Waals surface area contributed by atoms with Crippen LogP contribution < -0.4 is 15.0 Å². The fraction of sp³-hybridized carbons (Fsp3) is 0.500. The molecule has 0 bridgehead atoms. The Bertz CT molecular complexity index is 986. The van der Waals surface area contributed by atoms with Gasteiger partial charge in [-0.1, -0.05) is 42.3 Å². The summed E-state index contributed by atoms with van der Waals surface area (Å²) >= 11 is 1.54. The number of rotatable bonds is 9. The molecule has 1 N–H and O–H groups in total. The van der Waals surface area contributed by atoms with Crippen LogP contribution >= 0.6 is 11.8 Å². The molecule has 1 aliphatic heterocycles. The summed E-state index contributed by atoms with van der Waals surface area (Å²) in [4.78, 5) is 20.5. The van der Waals surface area contributed by atoms with Gasteiger partial charge in [-0.05, 0) is 38.8 Å². The fourth-order valence-corrected chi connectivity index (χ4v) is 4.06. The van der Waals surface area contributed by atoms with Gasteiger partial charge < -0.3 is 15.0 Å². The van der Waals surface area contributed by atoms with Gasteiger partial charge in [-0.3, -0.25) is 0 Å². The lowest BCUT2D eigenvalue weighted by Crippen LogP contribution is -2.27. The predicted octanol–water partition coefficient (Wildman–Crippen LogP) is 3.74. The van der Waals surface area contributed by atoms with Gasteiger partial charge in [-0.15, -0.1) is 5.10 Å². The summed E-state index contributed by atoms with van der Waals surface area (Å²) in [6.07, 6.45) is 6.48. The summed E-state index contributed by atoms with van der Waals surface area (Å²) in [6, 6.07) is 8.05. The second-order valence-electron chi connectivity index (χ2n) is 7.67. The van der Waals surface area contributed by atoms with Crippen LogP contribution in [0, 0.1) is 6.92 Å². The van der Waals surface area contributed by atoms with Gasteiger partial charge in [-0.2, -0.15) is 19.6 Å². The Kier molecular flexibility index (Phi) is 7.76. The zero-order valence-corrected chi connectivity index (χ0v) is 19.5. The standard InChI is InChI=1S/C22H30N8OS/c1-3-23-19-25-20(29-12-6-4-5-7-13-29)27-21(26-19)30-16-24-22(28-30)32-15-14-31-18-10-8-17(2)9-11-18/h8-11,16H,3-7,12-15H2,1-2H3,(H,23,25,26,27). The van der Waals surface area contributed by atoms with Gasteiger partial charge in [0.05, 0.1) is 6.61 Å². The Morgan fingerprint density at radius 2 is 1.75 bits per heavy atom.